The maximum Gasteiger partial charge on any atom is 0.311 e. The van der Waals surface area contributed by atoms with Crippen LogP contribution in [0.15, 0.2) is 36.4 Å². The van der Waals surface area contributed by atoms with Gasteiger partial charge in [-0.05, 0) is 36.7 Å². The van der Waals surface area contributed by atoms with E-state index >= 15 is 0 Å². The van der Waals surface area contributed by atoms with Crippen LogP contribution >= 0.6 is 0 Å². The Bertz CT molecular complexity index is 866. The van der Waals surface area contributed by atoms with E-state index in [9.17, 15) is 14.9 Å². The van der Waals surface area contributed by atoms with Gasteiger partial charge in [-0.2, -0.15) is 0 Å². The zero-order chi connectivity index (χ0) is 21.6. The zero-order valence-corrected chi connectivity index (χ0v) is 17.6. The van der Waals surface area contributed by atoms with Crippen LogP contribution in [0.5, 0.6) is 5.75 Å². The number of aryl methyl sites for hydroxylation is 1. The van der Waals surface area contributed by atoms with Gasteiger partial charge in [0.05, 0.1) is 18.6 Å². The minimum absolute atomic E-state index is 0.115. The summed E-state index contributed by atoms with van der Waals surface area (Å²) < 4.78 is 5.08. The molecule has 0 saturated carbocycles. The first-order chi connectivity index (χ1) is 13.7. The summed E-state index contributed by atoms with van der Waals surface area (Å²) in [6, 6.07) is 11.1. The molecule has 0 spiro atoms. The van der Waals surface area contributed by atoms with Gasteiger partial charge in [0.2, 0.25) is 5.91 Å². The lowest BCUT2D eigenvalue weighted by Gasteiger charge is -2.21. The molecule has 2 aromatic carbocycles. The van der Waals surface area contributed by atoms with Crippen molar-refractivity contribution < 1.29 is 14.5 Å². The molecule has 0 aliphatic rings. The topological polar surface area (TPSA) is 88.0 Å². The van der Waals surface area contributed by atoms with E-state index in [1.807, 2.05) is 30.8 Å². The molecule has 0 fully saturated rings. The number of anilines is 2. The number of rotatable bonds is 9. The lowest BCUT2D eigenvalue weighted by atomic mass is 10.1. The summed E-state index contributed by atoms with van der Waals surface area (Å²) in [4.78, 5) is 27.2. The first-order valence-corrected chi connectivity index (χ1v) is 9.36. The van der Waals surface area contributed by atoms with Gasteiger partial charge in [0.25, 0.3) is 0 Å². The van der Waals surface area contributed by atoms with Crippen molar-refractivity contribution in [2.24, 2.45) is 0 Å². The largest absolute Gasteiger partial charge is 0.490 e. The van der Waals surface area contributed by atoms with Crippen molar-refractivity contribution in [2.75, 3.05) is 44.5 Å². The molecular formula is C21H28N4O4. The van der Waals surface area contributed by atoms with Crippen molar-refractivity contribution >= 4 is 23.0 Å². The summed E-state index contributed by atoms with van der Waals surface area (Å²) >= 11 is 0. The highest BCUT2D eigenvalue weighted by atomic mass is 16.6. The number of carbonyl (C=O) groups is 1. The summed E-state index contributed by atoms with van der Waals surface area (Å²) in [5, 5.41) is 13.9. The maximum absolute atomic E-state index is 12.6. The van der Waals surface area contributed by atoms with Crippen LogP contribution in [0.3, 0.4) is 0 Å². The van der Waals surface area contributed by atoms with E-state index < -0.39 is 4.92 Å². The number of nitrogens with zero attached hydrogens (tertiary/aromatic N) is 3. The first-order valence-electron chi connectivity index (χ1n) is 9.36. The predicted octanol–water partition coefficient (Wildman–Crippen LogP) is 3.44. The predicted molar refractivity (Wildman–Crippen MR) is 115 cm³/mol. The second-order valence-corrected chi connectivity index (χ2v) is 7.01. The van der Waals surface area contributed by atoms with E-state index in [1.165, 1.54) is 19.2 Å². The molecule has 0 saturated heterocycles. The maximum atomic E-state index is 12.6. The molecule has 2 aromatic rings. The highest BCUT2D eigenvalue weighted by Gasteiger charge is 2.19. The van der Waals surface area contributed by atoms with Crippen molar-refractivity contribution in [3.8, 4) is 5.75 Å². The Morgan fingerprint density at radius 1 is 1.21 bits per heavy atom. The summed E-state index contributed by atoms with van der Waals surface area (Å²) in [6.45, 7) is 5.30. The van der Waals surface area contributed by atoms with Crippen LogP contribution in [0.1, 0.15) is 18.1 Å². The molecule has 0 heterocycles. The molecule has 1 N–H and O–H groups in total. The normalized spacial score (nSPS) is 10.7. The van der Waals surface area contributed by atoms with Gasteiger partial charge < -0.3 is 15.0 Å². The van der Waals surface area contributed by atoms with Crippen molar-refractivity contribution in [2.45, 2.75) is 20.4 Å². The molecule has 2 rings (SSSR count). The minimum atomic E-state index is -0.502. The molecule has 0 unspecified atom stereocenters. The number of hydrogen-bond donors (Lipinski definition) is 1. The summed E-state index contributed by atoms with van der Waals surface area (Å²) in [7, 11) is 5.35. The van der Waals surface area contributed by atoms with Gasteiger partial charge in [-0.25, -0.2) is 0 Å². The van der Waals surface area contributed by atoms with E-state index in [0.717, 1.165) is 11.3 Å². The van der Waals surface area contributed by atoms with Crippen molar-refractivity contribution in [1.82, 2.24) is 4.90 Å². The second-order valence-electron chi connectivity index (χ2n) is 7.01. The number of amides is 1. The van der Waals surface area contributed by atoms with Gasteiger partial charge in [-0.15, -0.1) is 0 Å². The fraction of sp³-hybridized carbons (Fsp3) is 0.381. The average Bonchev–Trinajstić information content (AvgIpc) is 2.68. The Morgan fingerprint density at radius 2 is 1.86 bits per heavy atom. The van der Waals surface area contributed by atoms with Crippen LogP contribution in [0.4, 0.5) is 17.1 Å². The number of methoxy groups -OCH3 is 1. The molecular weight excluding hydrogens is 372 g/mol. The standard InChI is InChI=1S/C21H28N4O4/c1-6-24(13-16-7-9-17(10-8-16)23(3)4)14-21(26)22-18-12-20(29-5)19(25(27)28)11-15(18)2/h7-12H,6,13-14H2,1-5H3,(H,22,26). The summed E-state index contributed by atoms with van der Waals surface area (Å²) in [5.41, 5.74) is 3.23. The van der Waals surface area contributed by atoms with Crippen molar-refractivity contribution in [3.63, 3.8) is 0 Å². The summed E-state index contributed by atoms with van der Waals surface area (Å²) in [6.07, 6.45) is 0. The number of carbonyl (C=O) groups excluding carboxylic acids is 1. The third-order valence-corrected chi connectivity index (χ3v) is 4.67. The van der Waals surface area contributed by atoms with Crippen LogP contribution in [0.25, 0.3) is 0 Å². The lowest BCUT2D eigenvalue weighted by molar-refractivity contribution is -0.385. The van der Waals surface area contributed by atoms with Crippen LogP contribution in [0.2, 0.25) is 0 Å². The fourth-order valence-electron chi connectivity index (χ4n) is 2.94. The molecule has 156 valence electrons. The molecule has 0 bridgehead atoms. The van der Waals surface area contributed by atoms with Gasteiger partial charge in [0.15, 0.2) is 5.75 Å². The van der Waals surface area contributed by atoms with Gasteiger partial charge in [-0.1, -0.05) is 19.1 Å². The lowest BCUT2D eigenvalue weighted by Crippen LogP contribution is -2.33. The van der Waals surface area contributed by atoms with Gasteiger partial charge in [0, 0.05) is 44.1 Å². The number of nitro benzene ring substituents is 1. The van der Waals surface area contributed by atoms with Crippen LogP contribution < -0.4 is 15.0 Å². The SMILES string of the molecule is CCN(CC(=O)Nc1cc(OC)c([N+](=O)[O-])cc1C)Cc1ccc(N(C)C)cc1. The van der Waals surface area contributed by atoms with E-state index in [1.54, 1.807) is 6.92 Å². The molecule has 1 amide bonds. The Hall–Kier alpha value is -3.13. The van der Waals surface area contributed by atoms with Gasteiger partial charge in [0.1, 0.15) is 0 Å². The molecule has 8 heteroatoms. The summed E-state index contributed by atoms with van der Waals surface area (Å²) in [5.74, 6) is -0.0694. The highest BCUT2D eigenvalue weighted by molar-refractivity contribution is 5.93. The van der Waals surface area contributed by atoms with Crippen LogP contribution in [-0.4, -0.2) is 50.0 Å². The Balaban J connectivity index is 2.05. The van der Waals surface area contributed by atoms with E-state index in [0.29, 0.717) is 24.3 Å². The second kappa shape index (κ2) is 9.88. The fourth-order valence-corrected chi connectivity index (χ4v) is 2.94. The quantitative estimate of drug-likeness (QED) is 0.512. The molecule has 8 nitrogen and oxygen atoms in total. The van der Waals surface area contributed by atoms with E-state index in [-0.39, 0.29) is 23.9 Å². The van der Waals surface area contributed by atoms with Gasteiger partial charge >= 0.3 is 5.69 Å². The molecule has 0 aliphatic carbocycles. The Morgan fingerprint density at radius 3 is 2.38 bits per heavy atom. The van der Waals surface area contributed by atoms with E-state index in [2.05, 4.69) is 29.6 Å². The first kappa shape index (κ1) is 22.2. The van der Waals surface area contributed by atoms with Gasteiger partial charge in [-0.3, -0.25) is 19.8 Å². The number of benzene rings is 2. The van der Waals surface area contributed by atoms with Crippen molar-refractivity contribution in [1.29, 1.82) is 0 Å². The number of ether oxygens (including phenoxy) is 1. The smallest absolute Gasteiger partial charge is 0.311 e. The third kappa shape index (κ3) is 5.92. The Labute approximate surface area is 171 Å². The number of hydrogen-bond acceptors (Lipinski definition) is 6. The van der Waals surface area contributed by atoms with Crippen LogP contribution in [0, 0.1) is 17.0 Å². The van der Waals surface area contributed by atoms with Crippen LogP contribution in [-0.2, 0) is 11.3 Å². The minimum Gasteiger partial charge on any atom is -0.490 e. The molecule has 0 aliphatic heterocycles. The van der Waals surface area contributed by atoms with E-state index in [4.69, 9.17) is 4.74 Å². The molecule has 0 atom stereocenters. The third-order valence-electron chi connectivity index (χ3n) is 4.67. The van der Waals surface area contributed by atoms with Crippen molar-refractivity contribution in [3.05, 3.63) is 57.6 Å². The highest BCUT2D eigenvalue weighted by Crippen LogP contribution is 2.32. The Kier molecular flexibility index (Phi) is 7.55. The number of likely N-dealkylation sites (N-methyl/N-ethyl adjacent to an activating group) is 1. The number of nitrogens with one attached hydrogen (secondary N) is 1. The monoisotopic (exact) mass is 400 g/mol. The number of nitro groups is 1. The molecule has 29 heavy (non-hydrogen) atoms. The zero-order valence-electron chi connectivity index (χ0n) is 17.6. The average molecular weight is 400 g/mol. The molecule has 0 radical (unpaired) electrons. The molecule has 0 aromatic heterocycles.